The second kappa shape index (κ2) is 12.0. The number of nitrogens with two attached hydrogens (primary N) is 1. The van der Waals surface area contributed by atoms with Crippen LogP contribution in [0.5, 0.6) is 5.75 Å². The molecule has 2 atom stereocenters. The fraction of sp³-hybridized carbons (Fsp3) is 0.444. The van der Waals surface area contributed by atoms with E-state index in [1.165, 1.54) is 17.2 Å². The molecule has 13 heteroatoms. The van der Waals surface area contributed by atoms with Crippen molar-refractivity contribution < 1.29 is 22.6 Å². The number of fused-ring (bicyclic) bond motifs is 2. The fourth-order valence-electron chi connectivity index (χ4n) is 5.34. The van der Waals surface area contributed by atoms with E-state index in [1.54, 1.807) is 17.6 Å². The molecule has 2 aliphatic rings. The topological polar surface area (TPSA) is 90.8 Å². The first-order valence-electron chi connectivity index (χ1n) is 12.8. The van der Waals surface area contributed by atoms with Crippen molar-refractivity contribution in [1.29, 1.82) is 0 Å². The molecule has 4 aromatic rings. The Morgan fingerprint density at radius 3 is 2.48 bits per heavy atom. The van der Waals surface area contributed by atoms with Gasteiger partial charge in [0, 0.05) is 43.4 Å². The van der Waals surface area contributed by atoms with Gasteiger partial charge in [-0.3, -0.25) is 9.30 Å². The van der Waals surface area contributed by atoms with Gasteiger partial charge in [-0.15, -0.1) is 35.0 Å². The standard InChI is InChI=1S/C27H29F3N6O2.2ClH/c1-37-12-13-38-21-8-5-17-4-7-20(32-24(17)23(21)16-2-3-16)26-34-33-22-9-6-18(14-36(22)26)25(27(28,29)30)35-11-10-19(31)15-35;;/h4-9,14,16,19,25H,2-3,10-13,15,31H2,1H3;2*1H/t19?,25-;;/m1../s1. The molecular formula is C27H31Cl2F3N6O2. The summed E-state index contributed by atoms with van der Waals surface area (Å²) in [6.07, 6.45) is -0.325. The van der Waals surface area contributed by atoms with Gasteiger partial charge in [0.25, 0.3) is 0 Å². The predicted octanol–water partition coefficient (Wildman–Crippen LogP) is 5.33. The van der Waals surface area contributed by atoms with E-state index in [-0.39, 0.29) is 43.0 Å². The molecular weight excluding hydrogens is 568 g/mol. The molecule has 2 fully saturated rings. The number of likely N-dealkylation sites (tertiary alicyclic amines) is 1. The molecule has 2 N–H and O–H groups in total. The van der Waals surface area contributed by atoms with Gasteiger partial charge in [-0.25, -0.2) is 4.98 Å². The molecule has 6 rings (SSSR count). The summed E-state index contributed by atoms with van der Waals surface area (Å²) in [5, 5.41) is 9.47. The van der Waals surface area contributed by atoms with Crippen LogP contribution in [-0.4, -0.2) is 70.1 Å². The highest BCUT2D eigenvalue weighted by atomic mass is 35.5. The molecule has 8 nitrogen and oxygen atoms in total. The zero-order valence-corrected chi connectivity index (χ0v) is 23.4. The Balaban J connectivity index is 0.00000185. The minimum absolute atomic E-state index is 0. The van der Waals surface area contributed by atoms with Crippen molar-refractivity contribution in [1.82, 2.24) is 24.5 Å². The van der Waals surface area contributed by atoms with Gasteiger partial charge in [0.05, 0.1) is 12.1 Å². The zero-order chi connectivity index (χ0) is 26.4. The summed E-state index contributed by atoms with van der Waals surface area (Å²) in [6, 6.07) is 8.74. The smallest absolute Gasteiger partial charge is 0.408 e. The highest BCUT2D eigenvalue weighted by Gasteiger charge is 2.46. The van der Waals surface area contributed by atoms with E-state index in [9.17, 15) is 13.2 Å². The normalized spacial score (nSPS) is 18.5. The first kappa shape index (κ1) is 30.3. The van der Waals surface area contributed by atoms with Crippen molar-refractivity contribution in [2.24, 2.45) is 5.73 Å². The van der Waals surface area contributed by atoms with Crippen LogP contribution >= 0.6 is 24.8 Å². The SMILES string of the molecule is COCCOc1ccc2ccc(-c3nnc4ccc([C@@H](N5CCC(N)C5)C(F)(F)F)cn34)nc2c1C1CC1.Cl.Cl. The highest BCUT2D eigenvalue weighted by Crippen LogP contribution is 2.47. The van der Waals surface area contributed by atoms with Crippen molar-refractivity contribution in [3.05, 3.63) is 53.7 Å². The number of hydrogen-bond donors (Lipinski definition) is 1. The van der Waals surface area contributed by atoms with Gasteiger partial charge < -0.3 is 15.2 Å². The van der Waals surface area contributed by atoms with Crippen LogP contribution in [0.15, 0.2) is 42.6 Å². The van der Waals surface area contributed by atoms with Gasteiger partial charge in [0.2, 0.25) is 0 Å². The number of halogens is 5. The second-order valence-corrected chi connectivity index (χ2v) is 10.1. The van der Waals surface area contributed by atoms with E-state index >= 15 is 0 Å². The van der Waals surface area contributed by atoms with Crippen LogP contribution < -0.4 is 10.5 Å². The van der Waals surface area contributed by atoms with E-state index in [0.717, 1.165) is 35.1 Å². The fourth-order valence-corrected chi connectivity index (χ4v) is 5.34. The van der Waals surface area contributed by atoms with Crippen LogP contribution in [0, 0.1) is 0 Å². The molecule has 0 amide bonds. The van der Waals surface area contributed by atoms with Crippen molar-refractivity contribution >= 4 is 41.4 Å². The Morgan fingerprint density at radius 2 is 1.80 bits per heavy atom. The maximum absolute atomic E-state index is 14.2. The summed E-state index contributed by atoms with van der Waals surface area (Å²) >= 11 is 0. The summed E-state index contributed by atoms with van der Waals surface area (Å²) in [5.74, 6) is 1.53. The van der Waals surface area contributed by atoms with Gasteiger partial charge in [-0.05, 0) is 55.0 Å². The van der Waals surface area contributed by atoms with Crippen LogP contribution in [0.3, 0.4) is 0 Å². The van der Waals surface area contributed by atoms with E-state index in [0.29, 0.717) is 49.3 Å². The summed E-state index contributed by atoms with van der Waals surface area (Å²) in [4.78, 5) is 6.34. The third-order valence-electron chi connectivity index (χ3n) is 7.29. The van der Waals surface area contributed by atoms with Crippen molar-refractivity contribution in [3.8, 4) is 17.3 Å². The Morgan fingerprint density at radius 1 is 1.02 bits per heavy atom. The first-order chi connectivity index (χ1) is 18.3. The lowest BCUT2D eigenvalue weighted by Crippen LogP contribution is -2.38. The summed E-state index contributed by atoms with van der Waals surface area (Å²) in [5.41, 5.74) is 8.89. The molecule has 3 aromatic heterocycles. The van der Waals surface area contributed by atoms with Gasteiger partial charge in [-0.2, -0.15) is 13.2 Å². The number of rotatable bonds is 8. The van der Waals surface area contributed by atoms with Crippen molar-refractivity contribution in [3.63, 3.8) is 0 Å². The summed E-state index contributed by atoms with van der Waals surface area (Å²) in [6.45, 7) is 1.40. The maximum Gasteiger partial charge on any atom is 0.408 e. The third kappa shape index (κ3) is 5.84. The lowest BCUT2D eigenvalue weighted by Gasteiger charge is -2.30. The van der Waals surface area contributed by atoms with Crippen molar-refractivity contribution in [2.75, 3.05) is 33.4 Å². The molecule has 1 aliphatic heterocycles. The number of benzene rings is 1. The largest absolute Gasteiger partial charge is 0.491 e. The number of aromatic nitrogens is 4. The number of pyridine rings is 2. The number of ether oxygens (including phenoxy) is 2. The van der Waals surface area contributed by atoms with Crippen LogP contribution in [0.4, 0.5) is 13.2 Å². The third-order valence-corrected chi connectivity index (χ3v) is 7.29. The Labute approximate surface area is 241 Å². The Kier molecular flexibility index (Phi) is 9.11. The van der Waals surface area contributed by atoms with Crippen LogP contribution in [0.1, 0.15) is 42.3 Å². The van der Waals surface area contributed by atoms with Gasteiger partial charge in [-0.1, -0.05) is 12.1 Å². The molecule has 4 heterocycles. The average Bonchev–Trinajstić information content (AvgIpc) is 3.50. The minimum atomic E-state index is -4.45. The number of nitrogens with zero attached hydrogens (tertiary/aromatic N) is 5. The minimum Gasteiger partial charge on any atom is -0.491 e. The quantitative estimate of drug-likeness (QED) is 0.274. The first-order valence-corrected chi connectivity index (χ1v) is 12.8. The summed E-state index contributed by atoms with van der Waals surface area (Å²) in [7, 11) is 1.63. The molecule has 1 aliphatic carbocycles. The molecule has 0 radical (unpaired) electrons. The molecule has 1 unspecified atom stereocenters. The Bertz CT molecular complexity index is 1480. The maximum atomic E-state index is 14.2. The number of methoxy groups -OCH3 is 1. The second-order valence-electron chi connectivity index (χ2n) is 10.1. The summed E-state index contributed by atoms with van der Waals surface area (Å²) < 4.78 is 55.4. The molecule has 1 saturated heterocycles. The van der Waals surface area contributed by atoms with E-state index in [2.05, 4.69) is 10.2 Å². The van der Waals surface area contributed by atoms with Gasteiger partial charge >= 0.3 is 6.18 Å². The molecule has 216 valence electrons. The van der Waals surface area contributed by atoms with Crippen LogP contribution in [0.2, 0.25) is 0 Å². The molecule has 1 saturated carbocycles. The Hall–Kier alpha value is -2.70. The van der Waals surface area contributed by atoms with E-state index in [4.69, 9.17) is 20.2 Å². The van der Waals surface area contributed by atoms with Crippen LogP contribution in [-0.2, 0) is 4.74 Å². The lowest BCUT2D eigenvalue weighted by molar-refractivity contribution is -0.183. The monoisotopic (exact) mass is 598 g/mol. The molecule has 0 spiro atoms. The van der Waals surface area contributed by atoms with E-state index < -0.39 is 12.2 Å². The lowest BCUT2D eigenvalue weighted by atomic mass is 10.0. The number of hydrogen-bond acceptors (Lipinski definition) is 7. The predicted molar refractivity (Wildman–Crippen MR) is 151 cm³/mol. The van der Waals surface area contributed by atoms with Crippen LogP contribution in [0.25, 0.3) is 28.1 Å². The molecule has 0 bridgehead atoms. The highest BCUT2D eigenvalue weighted by molar-refractivity contribution is 5.87. The average molecular weight is 599 g/mol. The molecule has 40 heavy (non-hydrogen) atoms. The van der Waals surface area contributed by atoms with Crippen molar-refractivity contribution in [2.45, 2.75) is 43.4 Å². The van der Waals surface area contributed by atoms with E-state index in [1.807, 2.05) is 24.3 Å². The molecule has 1 aromatic carbocycles. The zero-order valence-electron chi connectivity index (χ0n) is 21.8. The number of alkyl halides is 3. The van der Waals surface area contributed by atoms with Gasteiger partial charge in [0.1, 0.15) is 24.1 Å². The van der Waals surface area contributed by atoms with Gasteiger partial charge in [0.15, 0.2) is 11.5 Å².